The molecule has 7 N–H and O–H groups in total. The zero-order valence-corrected chi connectivity index (χ0v) is 16.3. The number of ether oxygens (including phenoxy) is 2. The van der Waals surface area contributed by atoms with E-state index in [0.717, 1.165) is 18.2 Å². The lowest BCUT2D eigenvalue weighted by molar-refractivity contribution is -0.277. The fourth-order valence-electron chi connectivity index (χ4n) is 3.45. The van der Waals surface area contributed by atoms with Gasteiger partial charge in [0.2, 0.25) is 6.29 Å². The Kier molecular flexibility index (Phi) is 5.67. The minimum Gasteiger partial charge on any atom is -0.508 e. The molecule has 0 spiro atoms. The zero-order chi connectivity index (χ0) is 23.2. The molecule has 1 fully saturated rings. The van der Waals surface area contributed by atoms with Gasteiger partial charge in [0.1, 0.15) is 52.6 Å². The first-order chi connectivity index (χ1) is 15.2. The molecule has 0 aliphatic carbocycles. The summed E-state index contributed by atoms with van der Waals surface area (Å²) in [4.78, 5) is 12.4. The molecule has 4 rings (SSSR count). The Bertz CT molecular complexity index is 1200. The standard InChI is InChI=1S/C21H20O11/c22-7-16-18(27)19(28)20(29)21(32-16)31-14-3-8(1-2-10(14)24)13-6-12(26)17-11(25)4-9(23)5-15(17)30-13/h1-6,16,18-25,27-29H,7H2/t16-,18-,19+,20-,21+/m0/s1. The topological polar surface area (TPSA) is 190 Å². The molecule has 3 aromatic rings. The second kappa shape index (κ2) is 8.30. The first-order valence-corrected chi connectivity index (χ1v) is 9.50. The van der Waals surface area contributed by atoms with E-state index < -0.39 is 48.5 Å². The molecule has 0 saturated carbocycles. The summed E-state index contributed by atoms with van der Waals surface area (Å²) in [5, 5.41) is 68.8. The molecule has 1 aliphatic rings. The molecule has 5 atom stereocenters. The molecule has 11 nitrogen and oxygen atoms in total. The van der Waals surface area contributed by atoms with Crippen molar-refractivity contribution in [3.8, 4) is 34.3 Å². The Morgan fingerprint density at radius 3 is 2.38 bits per heavy atom. The van der Waals surface area contributed by atoms with Crippen molar-refractivity contribution in [2.45, 2.75) is 30.7 Å². The van der Waals surface area contributed by atoms with E-state index in [1.165, 1.54) is 18.2 Å². The van der Waals surface area contributed by atoms with E-state index >= 15 is 0 Å². The fourth-order valence-corrected chi connectivity index (χ4v) is 3.45. The van der Waals surface area contributed by atoms with E-state index in [9.17, 15) is 40.5 Å². The molecule has 2 heterocycles. The maximum atomic E-state index is 12.4. The van der Waals surface area contributed by atoms with Gasteiger partial charge >= 0.3 is 0 Å². The summed E-state index contributed by atoms with van der Waals surface area (Å²) < 4.78 is 16.3. The van der Waals surface area contributed by atoms with Crippen molar-refractivity contribution in [3.05, 3.63) is 46.6 Å². The molecular weight excluding hydrogens is 428 g/mol. The van der Waals surface area contributed by atoms with Gasteiger partial charge in [-0.25, -0.2) is 0 Å². The molecule has 11 heteroatoms. The van der Waals surface area contributed by atoms with E-state index in [2.05, 4.69) is 0 Å². The largest absolute Gasteiger partial charge is 0.508 e. The SMILES string of the molecule is O=c1cc(-c2ccc(O)c(O[C@@H]3O[C@@H](CO)[C@H](O)[C@@H](O)[C@@H]3O)c2)oc2cc(O)cc(O)c12. The Morgan fingerprint density at radius 1 is 0.906 bits per heavy atom. The first kappa shape index (κ1) is 21.9. The third-order valence-electron chi connectivity index (χ3n) is 5.13. The average Bonchev–Trinajstić information content (AvgIpc) is 2.74. The summed E-state index contributed by atoms with van der Waals surface area (Å²) >= 11 is 0. The third-order valence-corrected chi connectivity index (χ3v) is 5.13. The second-order valence-corrected chi connectivity index (χ2v) is 7.31. The lowest BCUT2D eigenvalue weighted by Crippen LogP contribution is -2.60. The maximum Gasteiger partial charge on any atom is 0.229 e. The quantitative estimate of drug-likeness (QED) is 0.279. The van der Waals surface area contributed by atoms with Crippen molar-refractivity contribution in [3.63, 3.8) is 0 Å². The highest BCUT2D eigenvalue weighted by atomic mass is 16.7. The van der Waals surface area contributed by atoms with Gasteiger partial charge in [0.15, 0.2) is 16.9 Å². The van der Waals surface area contributed by atoms with Crippen LogP contribution < -0.4 is 10.2 Å². The number of aromatic hydroxyl groups is 3. The van der Waals surface area contributed by atoms with Gasteiger partial charge in [0.05, 0.1) is 6.61 Å². The van der Waals surface area contributed by atoms with Gasteiger partial charge < -0.3 is 49.6 Å². The second-order valence-electron chi connectivity index (χ2n) is 7.31. The molecule has 0 radical (unpaired) electrons. The van der Waals surface area contributed by atoms with Gasteiger partial charge in [0.25, 0.3) is 0 Å². The Morgan fingerprint density at radius 2 is 1.66 bits per heavy atom. The van der Waals surface area contributed by atoms with Crippen LogP contribution in [0.25, 0.3) is 22.3 Å². The first-order valence-electron chi connectivity index (χ1n) is 9.50. The molecule has 0 bridgehead atoms. The molecule has 1 aliphatic heterocycles. The van der Waals surface area contributed by atoms with Gasteiger partial charge in [-0.1, -0.05) is 0 Å². The number of phenols is 3. The molecule has 1 saturated heterocycles. The highest BCUT2D eigenvalue weighted by Crippen LogP contribution is 2.36. The number of fused-ring (bicyclic) bond motifs is 1. The Labute approximate surface area is 179 Å². The van der Waals surface area contributed by atoms with Gasteiger partial charge in [-0.2, -0.15) is 0 Å². The van der Waals surface area contributed by atoms with Crippen LogP contribution in [-0.2, 0) is 4.74 Å². The molecule has 170 valence electrons. The molecule has 32 heavy (non-hydrogen) atoms. The van der Waals surface area contributed by atoms with Gasteiger partial charge in [-0.3, -0.25) is 4.79 Å². The van der Waals surface area contributed by atoms with E-state index in [1.54, 1.807) is 0 Å². The van der Waals surface area contributed by atoms with Crippen molar-refractivity contribution in [1.29, 1.82) is 0 Å². The average molecular weight is 448 g/mol. The summed E-state index contributed by atoms with van der Waals surface area (Å²) in [6.45, 7) is -0.654. The van der Waals surface area contributed by atoms with Crippen molar-refractivity contribution >= 4 is 11.0 Å². The monoisotopic (exact) mass is 448 g/mol. The highest BCUT2D eigenvalue weighted by molar-refractivity contribution is 5.86. The van der Waals surface area contributed by atoms with E-state index in [1.807, 2.05) is 0 Å². The molecular formula is C21H20O11. The minimum absolute atomic E-state index is 0.0196. The van der Waals surface area contributed by atoms with Crippen molar-refractivity contribution < 1.29 is 49.6 Å². The van der Waals surface area contributed by atoms with Crippen LogP contribution in [0.3, 0.4) is 0 Å². The maximum absolute atomic E-state index is 12.4. The summed E-state index contributed by atoms with van der Waals surface area (Å²) in [6.07, 6.45) is -7.68. The van der Waals surface area contributed by atoms with Crippen LogP contribution in [-0.4, -0.2) is 73.1 Å². The number of phenolic OH excluding ortho intramolecular Hbond substituents is 3. The normalized spacial score (nSPS) is 25.7. The van der Waals surface area contributed by atoms with Crippen molar-refractivity contribution in [1.82, 2.24) is 0 Å². The number of rotatable bonds is 4. The minimum atomic E-state index is -1.69. The van der Waals surface area contributed by atoms with Crippen LogP contribution >= 0.6 is 0 Å². The molecule has 0 unspecified atom stereocenters. The predicted octanol–water partition coefficient (Wildman–Crippen LogP) is -0.245. The fraction of sp³-hybridized carbons (Fsp3) is 0.286. The van der Waals surface area contributed by atoms with E-state index in [-0.39, 0.29) is 39.5 Å². The predicted molar refractivity (Wildman–Crippen MR) is 107 cm³/mol. The lowest BCUT2D eigenvalue weighted by Gasteiger charge is -2.39. The third kappa shape index (κ3) is 3.83. The van der Waals surface area contributed by atoms with Crippen LogP contribution in [0.1, 0.15) is 0 Å². The van der Waals surface area contributed by atoms with Gasteiger partial charge in [-0.05, 0) is 18.2 Å². The summed E-state index contributed by atoms with van der Waals surface area (Å²) in [5.74, 6) is -1.33. The lowest BCUT2D eigenvalue weighted by atomic mass is 9.99. The van der Waals surface area contributed by atoms with Crippen LogP contribution in [0.15, 0.2) is 45.6 Å². The molecule has 1 aromatic heterocycles. The number of hydrogen-bond donors (Lipinski definition) is 7. The molecule has 0 amide bonds. The number of benzene rings is 2. The Hall–Kier alpha value is -3.35. The van der Waals surface area contributed by atoms with Crippen LogP contribution in [0.2, 0.25) is 0 Å². The zero-order valence-electron chi connectivity index (χ0n) is 16.3. The summed E-state index contributed by atoms with van der Waals surface area (Å²) in [5.41, 5.74) is -0.401. The van der Waals surface area contributed by atoms with Crippen molar-refractivity contribution in [2.75, 3.05) is 6.61 Å². The van der Waals surface area contributed by atoms with Crippen molar-refractivity contribution in [2.24, 2.45) is 0 Å². The summed E-state index contributed by atoms with van der Waals surface area (Å²) in [7, 11) is 0. The number of aliphatic hydroxyl groups excluding tert-OH is 4. The highest BCUT2D eigenvalue weighted by Gasteiger charge is 2.45. The van der Waals surface area contributed by atoms with E-state index in [0.29, 0.717) is 0 Å². The van der Waals surface area contributed by atoms with Gasteiger partial charge in [0, 0.05) is 23.8 Å². The molecule has 2 aromatic carbocycles. The van der Waals surface area contributed by atoms with Crippen LogP contribution in [0.5, 0.6) is 23.0 Å². The number of hydrogen-bond acceptors (Lipinski definition) is 11. The summed E-state index contributed by atoms with van der Waals surface area (Å²) in [6, 6.07) is 7.16. The van der Waals surface area contributed by atoms with E-state index in [4.69, 9.17) is 13.9 Å². The van der Waals surface area contributed by atoms with Gasteiger partial charge in [-0.15, -0.1) is 0 Å². The Balaban J connectivity index is 1.70. The van der Waals surface area contributed by atoms with Crippen LogP contribution in [0, 0.1) is 0 Å². The van der Waals surface area contributed by atoms with Crippen LogP contribution in [0.4, 0.5) is 0 Å². The number of aliphatic hydroxyl groups is 4. The smallest absolute Gasteiger partial charge is 0.229 e.